The second kappa shape index (κ2) is 6.53. The lowest BCUT2D eigenvalue weighted by Crippen LogP contribution is -2.24. The van der Waals surface area contributed by atoms with Crippen LogP contribution >= 0.6 is 15.9 Å². The molecular weight excluding hydrogens is 308 g/mol. The molecule has 1 saturated heterocycles. The minimum Gasteiger partial charge on any atom is -0.375 e. The average molecular weight is 329 g/mol. The van der Waals surface area contributed by atoms with Crippen LogP contribution in [0.15, 0.2) is 22.2 Å². The van der Waals surface area contributed by atoms with Gasteiger partial charge in [0.05, 0.1) is 19.8 Å². The zero-order valence-corrected chi connectivity index (χ0v) is 12.7. The topological polar surface area (TPSA) is 27.7 Å². The first-order valence-electron chi connectivity index (χ1n) is 7.22. The Kier molecular flexibility index (Phi) is 4.74. The SMILES string of the molecule is BrC1=C(COCCOC2CCCCO2)[C@@H]2C=C[C@H]1C2. The number of halogens is 1. The highest BCUT2D eigenvalue weighted by atomic mass is 79.9. The third kappa shape index (κ3) is 3.30. The Hall–Kier alpha value is -0.160. The van der Waals surface area contributed by atoms with Gasteiger partial charge in [-0.15, -0.1) is 0 Å². The van der Waals surface area contributed by atoms with E-state index in [0.717, 1.165) is 26.1 Å². The van der Waals surface area contributed by atoms with Crippen molar-refractivity contribution < 1.29 is 14.2 Å². The number of rotatable bonds is 6. The van der Waals surface area contributed by atoms with Gasteiger partial charge in [-0.05, 0) is 31.3 Å². The van der Waals surface area contributed by atoms with E-state index in [4.69, 9.17) is 14.2 Å². The van der Waals surface area contributed by atoms with Crippen molar-refractivity contribution in [3.05, 3.63) is 22.2 Å². The zero-order chi connectivity index (χ0) is 13.1. The van der Waals surface area contributed by atoms with E-state index in [1.165, 1.54) is 22.9 Å². The number of ether oxygens (including phenoxy) is 3. The molecule has 0 aromatic rings. The molecule has 0 spiro atoms. The standard InChI is InChI=1S/C15H21BrO3/c16-15-12-5-4-11(9-12)13(15)10-17-7-8-19-14-3-1-2-6-18-14/h4-5,11-12,14H,1-3,6-10H2/t11-,12+,14?/m1/s1. The van der Waals surface area contributed by atoms with Gasteiger partial charge < -0.3 is 14.2 Å². The summed E-state index contributed by atoms with van der Waals surface area (Å²) in [7, 11) is 0. The summed E-state index contributed by atoms with van der Waals surface area (Å²) in [6.07, 6.45) is 9.21. The van der Waals surface area contributed by atoms with Gasteiger partial charge in [-0.2, -0.15) is 0 Å². The number of allylic oxidation sites excluding steroid dienone is 3. The van der Waals surface area contributed by atoms with E-state index in [0.29, 0.717) is 25.0 Å². The zero-order valence-electron chi connectivity index (χ0n) is 11.1. The molecule has 1 aliphatic heterocycles. The van der Waals surface area contributed by atoms with Crippen LogP contribution in [0.25, 0.3) is 0 Å². The van der Waals surface area contributed by atoms with E-state index in [1.807, 2.05) is 0 Å². The molecule has 0 amide bonds. The van der Waals surface area contributed by atoms with Gasteiger partial charge in [0.1, 0.15) is 0 Å². The van der Waals surface area contributed by atoms with Crippen molar-refractivity contribution in [2.45, 2.75) is 32.0 Å². The van der Waals surface area contributed by atoms with Crippen LogP contribution in [0.5, 0.6) is 0 Å². The van der Waals surface area contributed by atoms with Gasteiger partial charge in [-0.25, -0.2) is 0 Å². The maximum absolute atomic E-state index is 5.73. The molecule has 2 aliphatic carbocycles. The molecule has 0 aromatic heterocycles. The first-order chi connectivity index (χ1) is 9.34. The van der Waals surface area contributed by atoms with Crippen molar-refractivity contribution in [1.82, 2.24) is 0 Å². The van der Waals surface area contributed by atoms with Crippen LogP contribution in [0.3, 0.4) is 0 Å². The van der Waals surface area contributed by atoms with Crippen LogP contribution in [0, 0.1) is 11.8 Å². The van der Waals surface area contributed by atoms with Gasteiger partial charge in [0, 0.05) is 22.9 Å². The summed E-state index contributed by atoms with van der Waals surface area (Å²) in [5.74, 6) is 1.21. The highest BCUT2D eigenvalue weighted by molar-refractivity contribution is 9.11. The summed E-state index contributed by atoms with van der Waals surface area (Å²) in [5.41, 5.74) is 1.42. The van der Waals surface area contributed by atoms with Crippen molar-refractivity contribution in [2.75, 3.05) is 26.4 Å². The smallest absolute Gasteiger partial charge is 0.157 e. The van der Waals surface area contributed by atoms with Crippen LogP contribution in [0.1, 0.15) is 25.7 Å². The molecule has 1 heterocycles. The average Bonchev–Trinajstić information content (AvgIpc) is 3.02. The lowest BCUT2D eigenvalue weighted by atomic mass is 10.0. The van der Waals surface area contributed by atoms with E-state index in [2.05, 4.69) is 28.1 Å². The monoisotopic (exact) mass is 328 g/mol. The highest BCUT2D eigenvalue weighted by Gasteiger charge is 2.33. The van der Waals surface area contributed by atoms with Gasteiger partial charge in [-0.3, -0.25) is 0 Å². The largest absolute Gasteiger partial charge is 0.375 e. The number of hydrogen-bond donors (Lipinski definition) is 0. The van der Waals surface area contributed by atoms with Crippen LogP contribution in [-0.4, -0.2) is 32.7 Å². The Morgan fingerprint density at radius 2 is 2.11 bits per heavy atom. The molecule has 106 valence electrons. The van der Waals surface area contributed by atoms with Gasteiger partial charge in [0.25, 0.3) is 0 Å². The van der Waals surface area contributed by atoms with Crippen molar-refractivity contribution in [2.24, 2.45) is 11.8 Å². The maximum atomic E-state index is 5.73. The van der Waals surface area contributed by atoms with Crippen LogP contribution in [0.4, 0.5) is 0 Å². The maximum Gasteiger partial charge on any atom is 0.157 e. The number of hydrogen-bond acceptors (Lipinski definition) is 3. The van der Waals surface area contributed by atoms with E-state index in [9.17, 15) is 0 Å². The molecule has 0 aromatic carbocycles. The normalized spacial score (nSPS) is 33.4. The summed E-state index contributed by atoms with van der Waals surface area (Å²) in [5, 5.41) is 0. The fraction of sp³-hybridized carbons (Fsp3) is 0.733. The first kappa shape index (κ1) is 13.8. The molecule has 0 saturated carbocycles. The molecule has 4 heteroatoms. The summed E-state index contributed by atoms with van der Waals surface area (Å²) in [4.78, 5) is 0. The second-order valence-electron chi connectivity index (χ2n) is 5.43. The Bertz CT molecular complexity index is 372. The van der Waals surface area contributed by atoms with Gasteiger partial charge in [0.2, 0.25) is 0 Å². The molecule has 1 fully saturated rings. The third-order valence-corrected chi connectivity index (χ3v) is 5.19. The Balaban J connectivity index is 1.31. The number of fused-ring (bicyclic) bond motifs is 2. The van der Waals surface area contributed by atoms with E-state index in [1.54, 1.807) is 0 Å². The molecular formula is C15H21BrO3. The molecule has 2 bridgehead atoms. The Morgan fingerprint density at radius 3 is 2.84 bits per heavy atom. The molecule has 3 atom stereocenters. The summed E-state index contributed by atoms with van der Waals surface area (Å²) >= 11 is 3.69. The summed E-state index contributed by atoms with van der Waals surface area (Å²) in [6, 6.07) is 0. The van der Waals surface area contributed by atoms with Crippen molar-refractivity contribution in [3.63, 3.8) is 0 Å². The lowest BCUT2D eigenvalue weighted by Gasteiger charge is -2.22. The minimum absolute atomic E-state index is 0.00581. The van der Waals surface area contributed by atoms with Crippen LogP contribution in [0.2, 0.25) is 0 Å². The predicted molar refractivity (Wildman–Crippen MR) is 77.1 cm³/mol. The Morgan fingerprint density at radius 1 is 1.21 bits per heavy atom. The van der Waals surface area contributed by atoms with Gasteiger partial charge in [0.15, 0.2) is 6.29 Å². The predicted octanol–water partition coefficient (Wildman–Crippen LogP) is 3.40. The fourth-order valence-electron chi connectivity index (χ4n) is 3.00. The minimum atomic E-state index is -0.00581. The molecule has 0 N–H and O–H groups in total. The lowest BCUT2D eigenvalue weighted by molar-refractivity contribution is -0.168. The van der Waals surface area contributed by atoms with Crippen molar-refractivity contribution in [1.29, 1.82) is 0 Å². The van der Waals surface area contributed by atoms with E-state index >= 15 is 0 Å². The molecule has 0 radical (unpaired) electrons. The first-order valence-corrected chi connectivity index (χ1v) is 8.01. The molecule has 3 rings (SSSR count). The fourth-order valence-corrected chi connectivity index (χ4v) is 3.75. The molecule has 3 aliphatic rings. The van der Waals surface area contributed by atoms with Gasteiger partial charge in [-0.1, -0.05) is 28.1 Å². The second-order valence-corrected chi connectivity index (χ2v) is 6.28. The van der Waals surface area contributed by atoms with Crippen LogP contribution in [-0.2, 0) is 14.2 Å². The third-order valence-electron chi connectivity index (χ3n) is 4.09. The highest BCUT2D eigenvalue weighted by Crippen LogP contribution is 2.46. The quantitative estimate of drug-likeness (QED) is 0.552. The van der Waals surface area contributed by atoms with Gasteiger partial charge >= 0.3 is 0 Å². The van der Waals surface area contributed by atoms with Crippen molar-refractivity contribution >= 4 is 15.9 Å². The van der Waals surface area contributed by atoms with Crippen molar-refractivity contribution in [3.8, 4) is 0 Å². The molecule has 19 heavy (non-hydrogen) atoms. The van der Waals surface area contributed by atoms with E-state index in [-0.39, 0.29) is 6.29 Å². The van der Waals surface area contributed by atoms with E-state index < -0.39 is 0 Å². The Labute approximate surface area is 123 Å². The summed E-state index contributed by atoms with van der Waals surface area (Å²) in [6.45, 7) is 2.83. The van der Waals surface area contributed by atoms with Crippen LogP contribution < -0.4 is 0 Å². The molecule has 1 unspecified atom stereocenters. The molecule has 3 nitrogen and oxygen atoms in total. The summed E-state index contributed by atoms with van der Waals surface area (Å²) < 4.78 is 18.2.